The molecule has 0 spiro atoms. The maximum absolute atomic E-state index is 12.1. The lowest BCUT2D eigenvalue weighted by Crippen LogP contribution is -2.44. The summed E-state index contributed by atoms with van der Waals surface area (Å²) in [6.45, 7) is 5.10. The van der Waals surface area contributed by atoms with E-state index in [9.17, 15) is 4.79 Å². The van der Waals surface area contributed by atoms with E-state index in [4.69, 9.17) is 4.74 Å². The molecule has 0 aliphatic carbocycles. The second-order valence-electron chi connectivity index (χ2n) is 6.58. The number of rotatable bonds is 4. The minimum absolute atomic E-state index is 0.0456. The first-order valence-electron chi connectivity index (χ1n) is 8.66. The van der Waals surface area contributed by atoms with E-state index >= 15 is 0 Å². The van der Waals surface area contributed by atoms with Gasteiger partial charge in [-0.2, -0.15) is 0 Å². The predicted octanol–water partition coefficient (Wildman–Crippen LogP) is 2.34. The molecule has 5 nitrogen and oxygen atoms in total. The van der Waals surface area contributed by atoms with Crippen molar-refractivity contribution in [3.63, 3.8) is 0 Å². The van der Waals surface area contributed by atoms with Crippen LogP contribution in [0.15, 0.2) is 24.3 Å². The Balaban J connectivity index is 1.49. The Bertz CT molecular complexity index is 504. The van der Waals surface area contributed by atoms with E-state index in [1.807, 2.05) is 12.1 Å². The van der Waals surface area contributed by atoms with Crippen LogP contribution in [0.5, 0.6) is 0 Å². The zero-order valence-corrected chi connectivity index (χ0v) is 14.0. The van der Waals surface area contributed by atoms with E-state index in [0.717, 1.165) is 57.7 Å². The van der Waals surface area contributed by atoms with Gasteiger partial charge in [-0.1, -0.05) is 0 Å². The van der Waals surface area contributed by atoms with Crippen LogP contribution < -0.4 is 10.2 Å². The number of carbonyl (C=O) groups is 1. The molecular weight excluding hydrogens is 290 g/mol. The highest BCUT2D eigenvalue weighted by Crippen LogP contribution is 2.20. The molecule has 1 aromatic carbocycles. The summed E-state index contributed by atoms with van der Waals surface area (Å²) in [5, 5.41) is 2.98. The summed E-state index contributed by atoms with van der Waals surface area (Å²) in [5.74, 6) is 0.0456. The lowest BCUT2D eigenvalue weighted by molar-refractivity contribution is -0.119. The van der Waals surface area contributed by atoms with Gasteiger partial charge in [0.2, 0.25) is 5.91 Å². The summed E-state index contributed by atoms with van der Waals surface area (Å²) in [7, 11) is 2.16. The van der Waals surface area contributed by atoms with Gasteiger partial charge in [0.05, 0.1) is 12.5 Å². The van der Waals surface area contributed by atoms with Gasteiger partial charge in [0.25, 0.3) is 0 Å². The van der Waals surface area contributed by atoms with E-state index < -0.39 is 0 Å². The molecule has 1 atom stereocenters. The normalized spacial score (nSPS) is 22.8. The third-order valence-electron chi connectivity index (χ3n) is 4.71. The summed E-state index contributed by atoms with van der Waals surface area (Å²) in [4.78, 5) is 16.8. The third kappa shape index (κ3) is 4.69. The van der Waals surface area contributed by atoms with Crippen molar-refractivity contribution in [3.8, 4) is 0 Å². The Labute approximate surface area is 138 Å². The maximum Gasteiger partial charge on any atom is 0.226 e. The molecule has 5 heteroatoms. The topological polar surface area (TPSA) is 44.8 Å². The molecule has 2 fully saturated rings. The van der Waals surface area contributed by atoms with Crippen LogP contribution in [-0.4, -0.2) is 56.7 Å². The molecule has 0 saturated carbocycles. The number of nitrogens with one attached hydrogen (secondary N) is 1. The van der Waals surface area contributed by atoms with Gasteiger partial charge in [0.15, 0.2) is 0 Å². The van der Waals surface area contributed by atoms with E-state index in [2.05, 4.69) is 34.3 Å². The predicted molar refractivity (Wildman–Crippen MR) is 93.0 cm³/mol. The Morgan fingerprint density at radius 2 is 1.91 bits per heavy atom. The van der Waals surface area contributed by atoms with Crippen molar-refractivity contribution in [3.05, 3.63) is 24.3 Å². The van der Waals surface area contributed by atoms with Gasteiger partial charge in [0.1, 0.15) is 0 Å². The fourth-order valence-corrected chi connectivity index (χ4v) is 3.21. The molecule has 23 heavy (non-hydrogen) atoms. The van der Waals surface area contributed by atoms with Crippen LogP contribution in [0, 0.1) is 0 Å². The minimum Gasteiger partial charge on any atom is -0.378 e. The standard InChI is InChI=1S/C18H27N3O2/c1-20-9-11-21(12-10-20)16-7-5-15(6-8-16)19-18(22)14-17-4-2-3-13-23-17/h5-8,17H,2-4,9-14H2,1H3,(H,19,22). The molecule has 3 rings (SSSR count). The molecule has 2 aliphatic heterocycles. The number of nitrogens with zero attached hydrogens (tertiary/aromatic N) is 2. The van der Waals surface area contributed by atoms with E-state index in [-0.39, 0.29) is 12.0 Å². The smallest absolute Gasteiger partial charge is 0.226 e. The van der Waals surface area contributed by atoms with Crippen molar-refractivity contribution >= 4 is 17.3 Å². The average Bonchev–Trinajstić information content (AvgIpc) is 2.57. The first-order valence-corrected chi connectivity index (χ1v) is 8.66. The van der Waals surface area contributed by atoms with E-state index in [1.165, 1.54) is 5.69 Å². The van der Waals surface area contributed by atoms with Crippen molar-refractivity contribution in [2.75, 3.05) is 50.1 Å². The summed E-state index contributed by atoms with van der Waals surface area (Å²) < 4.78 is 5.62. The molecule has 126 valence electrons. The van der Waals surface area contributed by atoms with Crippen molar-refractivity contribution in [1.82, 2.24) is 4.90 Å². The lowest BCUT2D eigenvalue weighted by Gasteiger charge is -2.34. The number of benzene rings is 1. The number of likely N-dealkylation sites (N-methyl/N-ethyl adjacent to an activating group) is 1. The lowest BCUT2D eigenvalue weighted by atomic mass is 10.1. The van der Waals surface area contributed by atoms with Crippen LogP contribution in [0.3, 0.4) is 0 Å². The Morgan fingerprint density at radius 1 is 1.17 bits per heavy atom. The molecule has 1 aromatic rings. The van der Waals surface area contributed by atoms with Gasteiger partial charge in [-0.3, -0.25) is 4.79 Å². The molecule has 2 aliphatic rings. The molecular formula is C18H27N3O2. The van der Waals surface area contributed by atoms with Crippen LogP contribution in [-0.2, 0) is 9.53 Å². The number of amides is 1. The number of anilines is 2. The van der Waals surface area contributed by atoms with Crippen molar-refractivity contribution in [2.45, 2.75) is 31.8 Å². The van der Waals surface area contributed by atoms with Crippen LogP contribution in [0.1, 0.15) is 25.7 Å². The zero-order chi connectivity index (χ0) is 16.1. The third-order valence-corrected chi connectivity index (χ3v) is 4.71. The monoisotopic (exact) mass is 317 g/mol. The van der Waals surface area contributed by atoms with Crippen molar-refractivity contribution in [1.29, 1.82) is 0 Å². The fraction of sp³-hybridized carbons (Fsp3) is 0.611. The molecule has 0 bridgehead atoms. The van der Waals surface area contributed by atoms with Gasteiger partial charge in [-0.05, 0) is 50.6 Å². The van der Waals surface area contributed by atoms with Gasteiger partial charge in [0, 0.05) is 44.2 Å². The summed E-state index contributed by atoms with van der Waals surface area (Å²) in [6, 6.07) is 8.18. The number of hydrogen-bond acceptors (Lipinski definition) is 4. The van der Waals surface area contributed by atoms with Crippen LogP contribution in [0.4, 0.5) is 11.4 Å². The highest BCUT2D eigenvalue weighted by Gasteiger charge is 2.18. The highest BCUT2D eigenvalue weighted by atomic mass is 16.5. The molecule has 1 N–H and O–H groups in total. The largest absolute Gasteiger partial charge is 0.378 e. The molecule has 1 amide bonds. The molecule has 0 aromatic heterocycles. The summed E-state index contributed by atoms with van der Waals surface area (Å²) in [5.41, 5.74) is 2.09. The summed E-state index contributed by atoms with van der Waals surface area (Å²) in [6.07, 6.45) is 3.83. The highest BCUT2D eigenvalue weighted by molar-refractivity contribution is 5.91. The number of piperazine rings is 1. The van der Waals surface area contributed by atoms with Gasteiger partial charge >= 0.3 is 0 Å². The zero-order valence-electron chi connectivity index (χ0n) is 14.0. The fourth-order valence-electron chi connectivity index (χ4n) is 3.21. The van der Waals surface area contributed by atoms with Crippen molar-refractivity contribution < 1.29 is 9.53 Å². The SMILES string of the molecule is CN1CCN(c2ccc(NC(=O)CC3CCCCO3)cc2)CC1. The van der Waals surface area contributed by atoms with E-state index in [1.54, 1.807) is 0 Å². The van der Waals surface area contributed by atoms with E-state index in [0.29, 0.717) is 6.42 Å². The average molecular weight is 317 g/mol. The number of carbonyl (C=O) groups excluding carboxylic acids is 1. The van der Waals surface area contributed by atoms with Crippen molar-refractivity contribution in [2.24, 2.45) is 0 Å². The number of hydrogen-bond donors (Lipinski definition) is 1. The molecule has 0 radical (unpaired) electrons. The molecule has 1 unspecified atom stereocenters. The number of ether oxygens (including phenoxy) is 1. The molecule has 2 heterocycles. The second kappa shape index (κ2) is 7.79. The minimum atomic E-state index is 0.0456. The van der Waals surface area contributed by atoms with Gasteiger partial charge in [-0.25, -0.2) is 0 Å². The first-order chi connectivity index (χ1) is 11.2. The Morgan fingerprint density at radius 3 is 2.57 bits per heavy atom. The second-order valence-corrected chi connectivity index (χ2v) is 6.58. The first kappa shape index (κ1) is 16.3. The molecule has 2 saturated heterocycles. The Kier molecular flexibility index (Phi) is 5.51. The van der Waals surface area contributed by atoms with Crippen LogP contribution >= 0.6 is 0 Å². The van der Waals surface area contributed by atoms with Crippen LogP contribution in [0.25, 0.3) is 0 Å². The quantitative estimate of drug-likeness (QED) is 0.926. The summed E-state index contributed by atoms with van der Waals surface area (Å²) >= 11 is 0. The Hall–Kier alpha value is -1.59. The van der Waals surface area contributed by atoms with Crippen LogP contribution in [0.2, 0.25) is 0 Å². The van der Waals surface area contributed by atoms with Gasteiger partial charge < -0.3 is 19.9 Å². The van der Waals surface area contributed by atoms with Gasteiger partial charge in [-0.15, -0.1) is 0 Å². The maximum atomic E-state index is 12.1.